The van der Waals surface area contributed by atoms with Crippen LogP contribution in [-0.2, 0) is 32.3 Å². The molecule has 0 atom stereocenters. The van der Waals surface area contributed by atoms with Gasteiger partial charge in [-0.2, -0.15) is 0 Å². The molecule has 154 valence electrons. The Bertz CT molecular complexity index is 1000. The zero-order valence-electron chi connectivity index (χ0n) is 16.5. The first-order valence-corrected chi connectivity index (χ1v) is 10.9. The standard InChI is InChI=1S/C22H20N2O4S2/c1-15-23-19(13-29-15)6-8-21(25)27-11-17-4-3-5-18(10-17)12-28-22(26)9-7-20-14-30-16(2)24-20/h3-10,13-14H,11-12H2,1-2H3/b8-6+,9-7+. The highest BCUT2D eigenvalue weighted by Crippen LogP contribution is 2.12. The second-order valence-electron chi connectivity index (χ2n) is 6.28. The number of thiazole rings is 2. The highest BCUT2D eigenvalue weighted by atomic mass is 32.1. The molecule has 2 heterocycles. The SMILES string of the molecule is Cc1nc(/C=C/C(=O)OCc2cccc(COC(=O)/C=C/c3csc(C)n3)c2)cs1. The van der Waals surface area contributed by atoms with E-state index in [0.717, 1.165) is 32.5 Å². The molecular formula is C22H20N2O4S2. The van der Waals surface area contributed by atoms with Crippen molar-refractivity contribution in [2.75, 3.05) is 0 Å². The summed E-state index contributed by atoms with van der Waals surface area (Å²) in [5.74, 6) is -0.889. The number of ether oxygens (including phenoxy) is 2. The Morgan fingerprint density at radius 3 is 1.73 bits per heavy atom. The molecule has 30 heavy (non-hydrogen) atoms. The normalized spacial score (nSPS) is 11.3. The van der Waals surface area contributed by atoms with E-state index in [1.54, 1.807) is 12.2 Å². The molecule has 3 rings (SSSR count). The first kappa shape index (κ1) is 21.6. The molecule has 6 nitrogen and oxygen atoms in total. The molecule has 0 aliphatic rings. The van der Waals surface area contributed by atoms with Crippen molar-refractivity contribution in [1.29, 1.82) is 0 Å². The summed E-state index contributed by atoms with van der Waals surface area (Å²) < 4.78 is 10.5. The Morgan fingerprint density at radius 1 is 0.867 bits per heavy atom. The molecule has 2 aromatic heterocycles. The van der Waals surface area contributed by atoms with Crippen LogP contribution in [0, 0.1) is 13.8 Å². The van der Waals surface area contributed by atoms with E-state index >= 15 is 0 Å². The van der Waals surface area contributed by atoms with Crippen molar-refractivity contribution in [3.05, 3.63) is 79.7 Å². The van der Waals surface area contributed by atoms with E-state index in [9.17, 15) is 9.59 Å². The second kappa shape index (κ2) is 10.6. The van der Waals surface area contributed by atoms with Crippen molar-refractivity contribution in [3.63, 3.8) is 0 Å². The number of hydrogen-bond donors (Lipinski definition) is 0. The number of carbonyl (C=O) groups is 2. The Balaban J connectivity index is 1.45. The van der Waals surface area contributed by atoms with Gasteiger partial charge < -0.3 is 9.47 Å². The summed E-state index contributed by atoms with van der Waals surface area (Å²) in [5, 5.41) is 5.62. The average Bonchev–Trinajstić information content (AvgIpc) is 3.35. The van der Waals surface area contributed by atoms with E-state index in [-0.39, 0.29) is 13.2 Å². The van der Waals surface area contributed by atoms with Crippen molar-refractivity contribution >= 4 is 46.8 Å². The molecule has 0 saturated heterocycles. The molecule has 0 N–H and O–H groups in total. The van der Waals surface area contributed by atoms with Crippen LogP contribution < -0.4 is 0 Å². The van der Waals surface area contributed by atoms with Crippen molar-refractivity contribution in [2.45, 2.75) is 27.1 Å². The van der Waals surface area contributed by atoms with Crippen LogP contribution in [0.1, 0.15) is 32.5 Å². The lowest BCUT2D eigenvalue weighted by molar-refractivity contribution is -0.139. The first-order chi connectivity index (χ1) is 14.5. The van der Waals surface area contributed by atoms with Gasteiger partial charge in [-0.15, -0.1) is 22.7 Å². The van der Waals surface area contributed by atoms with Gasteiger partial charge in [0.15, 0.2) is 0 Å². The number of hydrogen-bond acceptors (Lipinski definition) is 8. The zero-order valence-corrected chi connectivity index (χ0v) is 18.2. The van der Waals surface area contributed by atoms with Crippen LogP contribution in [0.5, 0.6) is 0 Å². The molecule has 0 radical (unpaired) electrons. The molecule has 0 bridgehead atoms. The summed E-state index contributed by atoms with van der Waals surface area (Å²) in [7, 11) is 0. The van der Waals surface area contributed by atoms with E-state index < -0.39 is 11.9 Å². The highest BCUT2D eigenvalue weighted by molar-refractivity contribution is 7.09. The van der Waals surface area contributed by atoms with Crippen molar-refractivity contribution in [3.8, 4) is 0 Å². The lowest BCUT2D eigenvalue weighted by Crippen LogP contribution is -2.03. The van der Waals surface area contributed by atoms with Gasteiger partial charge in [0.2, 0.25) is 0 Å². The Labute approximate surface area is 182 Å². The van der Waals surface area contributed by atoms with Crippen LogP contribution in [-0.4, -0.2) is 21.9 Å². The van der Waals surface area contributed by atoms with E-state index in [0.29, 0.717) is 0 Å². The lowest BCUT2D eigenvalue weighted by Gasteiger charge is -2.06. The van der Waals surface area contributed by atoms with Gasteiger partial charge in [0.05, 0.1) is 21.4 Å². The van der Waals surface area contributed by atoms with Gasteiger partial charge in [-0.3, -0.25) is 0 Å². The van der Waals surface area contributed by atoms with Gasteiger partial charge in [0.25, 0.3) is 0 Å². The summed E-state index contributed by atoms with van der Waals surface area (Å²) in [6, 6.07) is 7.35. The predicted molar refractivity (Wildman–Crippen MR) is 118 cm³/mol. The fourth-order valence-corrected chi connectivity index (χ4v) is 3.60. The average molecular weight is 441 g/mol. The minimum atomic E-state index is -0.445. The van der Waals surface area contributed by atoms with E-state index in [1.165, 1.54) is 34.8 Å². The summed E-state index contributed by atoms with van der Waals surface area (Å²) in [6.07, 6.45) is 5.97. The second-order valence-corrected chi connectivity index (χ2v) is 8.41. The van der Waals surface area contributed by atoms with E-state index in [2.05, 4.69) is 9.97 Å². The third-order valence-electron chi connectivity index (χ3n) is 3.81. The third-order valence-corrected chi connectivity index (χ3v) is 5.39. The molecule has 1 aromatic carbocycles. The maximum atomic E-state index is 11.9. The summed E-state index contributed by atoms with van der Waals surface area (Å²) in [5.41, 5.74) is 3.08. The number of benzene rings is 1. The van der Waals surface area contributed by atoms with Crippen LogP contribution in [0.25, 0.3) is 12.2 Å². The lowest BCUT2D eigenvalue weighted by atomic mass is 10.1. The number of carbonyl (C=O) groups excluding carboxylic acids is 2. The third kappa shape index (κ3) is 7.06. The van der Waals surface area contributed by atoms with Gasteiger partial charge >= 0.3 is 11.9 Å². The Morgan fingerprint density at radius 2 is 1.33 bits per heavy atom. The highest BCUT2D eigenvalue weighted by Gasteiger charge is 2.04. The topological polar surface area (TPSA) is 78.4 Å². The molecule has 8 heteroatoms. The molecule has 0 amide bonds. The van der Waals surface area contributed by atoms with Gasteiger partial charge in [0, 0.05) is 22.9 Å². The molecule has 0 saturated carbocycles. The van der Waals surface area contributed by atoms with Crippen LogP contribution in [0.4, 0.5) is 0 Å². The largest absolute Gasteiger partial charge is 0.458 e. The number of esters is 2. The summed E-state index contributed by atoms with van der Waals surface area (Å²) in [4.78, 5) is 32.3. The smallest absolute Gasteiger partial charge is 0.331 e. The fourth-order valence-electron chi connectivity index (χ4n) is 2.43. The monoisotopic (exact) mass is 440 g/mol. The number of rotatable bonds is 8. The van der Waals surface area contributed by atoms with Crippen LogP contribution in [0.2, 0.25) is 0 Å². The molecule has 0 spiro atoms. The number of aryl methyl sites for hydroxylation is 2. The van der Waals surface area contributed by atoms with E-state index in [4.69, 9.17) is 9.47 Å². The number of nitrogens with zero attached hydrogens (tertiary/aromatic N) is 2. The summed E-state index contributed by atoms with van der Waals surface area (Å²) in [6.45, 7) is 4.07. The van der Waals surface area contributed by atoms with Crippen LogP contribution >= 0.6 is 22.7 Å². The van der Waals surface area contributed by atoms with E-state index in [1.807, 2.05) is 48.9 Å². The molecule has 3 aromatic rings. The minimum Gasteiger partial charge on any atom is -0.458 e. The van der Waals surface area contributed by atoms with Gasteiger partial charge in [-0.25, -0.2) is 19.6 Å². The summed E-state index contributed by atoms with van der Waals surface area (Å²) >= 11 is 3.04. The van der Waals surface area contributed by atoms with Crippen molar-refractivity contribution < 1.29 is 19.1 Å². The Hall–Kier alpha value is -3.10. The fraction of sp³-hybridized carbons (Fsp3) is 0.182. The zero-order chi connectivity index (χ0) is 21.3. The molecule has 0 aliphatic heterocycles. The van der Waals surface area contributed by atoms with Crippen LogP contribution in [0.15, 0.2) is 47.2 Å². The molecular weight excluding hydrogens is 420 g/mol. The van der Waals surface area contributed by atoms with Crippen molar-refractivity contribution in [1.82, 2.24) is 9.97 Å². The maximum Gasteiger partial charge on any atom is 0.331 e. The molecule has 0 unspecified atom stereocenters. The van der Waals surface area contributed by atoms with Crippen LogP contribution in [0.3, 0.4) is 0 Å². The molecule has 0 fully saturated rings. The predicted octanol–water partition coefficient (Wildman–Crippen LogP) is 4.73. The van der Waals surface area contributed by atoms with Crippen molar-refractivity contribution in [2.24, 2.45) is 0 Å². The Kier molecular flexibility index (Phi) is 7.64. The quantitative estimate of drug-likeness (QED) is 0.372. The first-order valence-electron chi connectivity index (χ1n) is 9.10. The maximum absolute atomic E-state index is 11.9. The van der Waals surface area contributed by atoms with Gasteiger partial charge in [0.1, 0.15) is 13.2 Å². The van der Waals surface area contributed by atoms with Gasteiger partial charge in [-0.05, 0) is 43.2 Å². The minimum absolute atomic E-state index is 0.129. The van der Waals surface area contributed by atoms with Gasteiger partial charge in [-0.1, -0.05) is 18.2 Å². The molecule has 0 aliphatic carbocycles. The number of aromatic nitrogens is 2.